The number of thiazole rings is 1. The number of rotatable bonds is 4. The number of aromatic nitrogens is 1. The van der Waals surface area contributed by atoms with Gasteiger partial charge in [-0.1, -0.05) is 0 Å². The fraction of sp³-hybridized carbons (Fsp3) is 0.750. The van der Waals surface area contributed by atoms with Crippen LogP contribution in [-0.2, 0) is 16.1 Å². The second kappa shape index (κ2) is 10.6. The van der Waals surface area contributed by atoms with Crippen molar-refractivity contribution in [2.75, 3.05) is 27.2 Å². The Morgan fingerprint density at radius 2 is 1.80 bits per heavy atom. The first-order valence-corrected chi connectivity index (χ1v) is 11.0. The summed E-state index contributed by atoms with van der Waals surface area (Å²) in [5.74, 6) is -1.85. The van der Waals surface area contributed by atoms with Crippen LogP contribution < -0.4 is 0 Å². The first-order valence-electron chi connectivity index (χ1n) is 10.1. The van der Waals surface area contributed by atoms with E-state index in [0.717, 1.165) is 13.0 Å². The van der Waals surface area contributed by atoms with Crippen molar-refractivity contribution in [3.63, 3.8) is 0 Å². The summed E-state index contributed by atoms with van der Waals surface area (Å²) in [5.41, 5.74) is 0.567. The molecule has 30 heavy (non-hydrogen) atoms. The van der Waals surface area contributed by atoms with Gasteiger partial charge in [0.15, 0.2) is 0 Å². The minimum absolute atomic E-state index is 0.296. The third-order valence-corrected chi connectivity index (χ3v) is 6.89. The molecule has 1 aliphatic heterocycles. The number of amides is 1. The van der Waals surface area contributed by atoms with Crippen molar-refractivity contribution in [2.45, 2.75) is 57.7 Å². The molecule has 0 unspecified atom stereocenters. The van der Waals surface area contributed by atoms with Gasteiger partial charge < -0.3 is 10.0 Å². The summed E-state index contributed by atoms with van der Waals surface area (Å²) < 4.78 is 31.7. The van der Waals surface area contributed by atoms with Crippen LogP contribution in [0.5, 0.6) is 0 Å². The molecule has 0 radical (unpaired) electrons. The Morgan fingerprint density at radius 1 is 1.23 bits per heavy atom. The second-order valence-electron chi connectivity index (χ2n) is 8.44. The lowest BCUT2D eigenvalue weighted by atomic mass is 9.65. The van der Waals surface area contributed by atoms with Crippen LogP contribution >= 0.6 is 11.3 Å². The van der Waals surface area contributed by atoms with E-state index in [-0.39, 0.29) is 0 Å². The predicted octanol–water partition coefficient (Wildman–Crippen LogP) is 4.03. The van der Waals surface area contributed by atoms with Gasteiger partial charge >= 0.3 is 12.1 Å². The van der Waals surface area contributed by atoms with Gasteiger partial charge in [0.25, 0.3) is 0 Å². The molecule has 0 bridgehead atoms. The Kier molecular flexibility index (Phi) is 8.66. The number of carbonyl (C=O) groups is 2. The molecule has 1 aliphatic carbocycles. The number of alkyl halides is 3. The Bertz CT molecular complexity index is 677. The minimum atomic E-state index is -5.08. The Labute approximate surface area is 179 Å². The van der Waals surface area contributed by atoms with Crippen molar-refractivity contribution in [2.24, 2.45) is 11.3 Å². The Hall–Kier alpha value is -1.68. The molecular formula is C20H30F3N3O3S. The number of aliphatic carboxylic acids is 1. The smallest absolute Gasteiger partial charge is 0.475 e. The van der Waals surface area contributed by atoms with E-state index >= 15 is 0 Å². The van der Waals surface area contributed by atoms with Crippen LogP contribution in [-0.4, -0.2) is 65.1 Å². The van der Waals surface area contributed by atoms with Gasteiger partial charge in [-0.25, -0.2) is 9.78 Å². The maximum Gasteiger partial charge on any atom is 0.490 e. The summed E-state index contributed by atoms with van der Waals surface area (Å²) in [6.45, 7) is 3.44. The fourth-order valence-corrected chi connectivity index (χ4v) is 4.79. The minimum Gasteiger partial charge on any atom is -0.475 e. The van der Waals surface area contributed by atoms with Crippen LogP contribution in [0.15, 0.2) is 11.6 Å². The van der Waals surface area contributed by atoms with Crippen molar-refractivity contribution in [1.29, 1.82) is 0 Å². The highest BCUT2D eigenvalue weighted by atomic mass is 32.1. The van der Waals surface area contributed by atoms with Crippen molar-refractivity contribution >= 4 is 23.2 Å². The maximum atomic E-state index is 11.9. The van der Waals surface area contributed by atoms with Crippen molar-refractivity contribution in [3.05, 3.63) is 16.6 Å². The molecule has 1 aromatic rings. The van der Waals surface area contributed by atoms with Gasteiger partial charge in [-0.2, -0.15) is 13.2 Å². The van der Waals surface area contributed by atoms with E-state index in [1.165, 1.54) is 56.6 Å². The number of nitrogens with zero attached hydrogens (tertiary/aromatic N) is 3. The molecule has 10 heteroatoms. The zero-order chi connectivity index (χ0) is 22.4. The first kappa shape index (κ1) is 24.6. The molecule has 0 atom stereocenters. The number of piperidine rings is 1. The van der Waals surface area contributed by atoms with E-state index in [0.29, 0.717) is 17.2 Å². The standard InChI is InChI=1S/C18H29N3OS.C2HF3O2/c1-20(2)17(22)13-15-3-5-18(6-4-15)7-10-21(11-8-18)14-16-19-9-12-23-16;3-2(4,5)1(6)7/h9,12,15H,3-8,10-11,13-14H2,1-2H3;(H,6,7). The zero-order valence-electron chi connectivity index (χ0n) is 17.5. The lowest BCUT2D eigenvalue weighted by molar-refractivity contribution is -0.192. The van der Waals surface area contributed by atoms with Crippen LogP contribution in [0, 0.1) is 11.3 Å². The van der Waals surface area contributed by atoms with Gasteiger partial charge in [0.2, 0.25) is 5.91 Å². The molecular weight excluding hydrogens is 419 g/mol. The molecule has 1 N–H and O–H groups in total. The van der Waals surface area contributed by atoms with Crippen LogP contribution in [0.2, 0.25) is 0 Å². The van der Waals surface area contributed by atoms with Gasteiger partial charge in [0, 0.05) is 32.1 Å². The lowest BCUT2D eigenvalue weighted by Gasteiger charge is -2.46. The number of halogens is 3. The predicted molar refractivity (Wildman–Crippen MR) is 108 cm³/mol. The van der Waals surface area contributed by atoms with Crippen LogP contribution in [0.25, 0.3) is 0 Å². The van der Waals surface area contributed by atoms with Crippen LogP contribution in [0.4, 0.5) is 13.2 Å². The quantitative estimate of drug-likeness (QED) is 0.751. The molecule has 2 fully saturated rings. The monoisotopic (exact) mass is 449 g/mol. The number of hydrogen-bond donors (Lipinski definition) is 1. The van der Waals surface area contributed by atoms with Crippen molar-refractivity contribution in [1.82, 2.24) is 14.8 Å². The summed E-state index contributed by atoms with van der Waals surface area (Å²) in [6, 6.07) is 0. The van der Waals surface area contributed by atoms with E-state index in [1.54, 1.807) is 16.2 Å². The normalized spacial score (nSPS) is 19.8. The highest BCUT2D eigenvalue weighted by Crippen LogP contribution is 2.47. The lowest BCUT2D eigenvalue weighted by Crippen LogP contribution is -2.41. The molecule has 0 aromatic carbocycles. The summed E-state index contributed by atoms with van der Waals surface area (Å²) in [6.07, 6.45) is 5.35. The zero-order valence-corrected chi connectivity index (χ0v) is 18.3. The molecule has 6 nitrogen and oxygen atoms in total. The second-order valence-corrected chi connectivity index (χ2v) is 9.42. The van der Waals surface area contributed by atoms with Gasteiger partial charge in [-0.3, -0.25) is 9.69 Å². The summed E-state index contributed by atoms with van der Waals surface area (Å²) >= 11 is 1.76. The number of carboxylic acid groups (broad SMARTS) is 1. The number of carboxylic acids is 1. The van der Waals surface area contributed by atoms with Gasteiger partial charge in [-0.15, -0.1) is 11.3 Å². The largest absolute Gasteiger partial charge is 0.490 e. The highest BCUT2D eigenvalue weighted by molar-refractivity contribution is 7.09. The summed E-state index contributed by atoms with van der Waals surface area (Å²) in [5, 5.41) is 10.4. The molecule has 170 valence electrons. The Morgan fingerprint density at radius 3 is 2.23 bits per heavy atom. The Balaban J connectivity index is 0.000000396. The van der Waals surface area contributed by atoms with E-state index in [2.05, 4.69) is 15.3 Å². The highest BCUT2D eigenvalue weighted by Gasteiger charge is 2.39. The maximum absolute atomic E-state index is 11.9. The molecule has 1 saturated carbocycles. The number of carbonyl (C=O) groups excluding carboxylic acids is 1. The molecule has 2 heterocycles. The molecule has 1 saturated heterocycles. The van der Waals surface area contributed by atoms with Gasteiger partial charge in [-0.05, 0) is 62.9 Å². The fourth-order valence-electron chi connectivity index (χ4n) is 4.13. The first-order chi connectivity index (χ1) is 14.0. The third kappa shape index (κ3) is 7.54. The molecule has 1 aromatic heterocycles. The molecule has 2 aliphatic rings. The number of hydrogen-bond acceptors (Lipinski definition) is 5. The van der Waals surface area contributed by atoms with Crippen molar-refractivity contribution < 1.29 is 27.9 Å². The van der Waals surface area contributed by atoms with E-state index in [1.807, 2.05) is 20.3 Å². The van der Waals surface area contributed by atoms with E-state index < -0.39 is 12.1 Å². The van der Waals surface area contributed by atoms with Gasteiger partial charge in [0.1, 0.15) is 5.01 Å². The van der Waals surface area contributed by atoms with Crippen LogP contribution in [0.3, 0.4) is 0 Å². The molecule has 3 rings (SSSR count). The SMILES string of the molecule is CN(C)C(=O)CC1CCC2(CC1)CCN(Cc1nccs1)CC2.O=C(O)C(F)(F)F. The summed E-state index contributed by atoms with van der Waals surface area (Å²) in [4.78, 5) is 29.5. The van der Waals surface area contributed by atoms with E-state index in [9.17, 15) is 18.0 Å². The van der Waals surface area contributed by atoms with E-state index in [4.69, 9.17) is 9.90 Å². The third-order valence-electron chi connectivity index (χ3n) is 6.13. The van der Waals surface area contributed by atoms with Crippen molar-refractivity contribution in [3.8, 4) is 0 Å². The summed E-state index contributed by atoms with van der Waals surface area (Å²) in [7, 11) is 3.73. The number of likely N-dealkylation sites (tertiary alicyclic amines) is 1. The van der Waals surface area contributed by atoms with Gasteiger partial charge in [0.05, 0.1) is 6.54 Å². The molecule has 1 amide bonds. The van der Waals surface area contributed by atoms with Crippen LogP contribution in [0.1, 0.15) is 50.0 Å². The average molecular weight is 450 g/mol. The molecule has 1 spiro atoms. The average Bonchev–Trinajstić information content (AvgIpc) is 3.18. The topological polar surface area (TPSA) is 73.7 Å².